The van der Waals surface area contributed by atoms with Crippen LogP contribution in [0.3, 0.4) is 0 Å². The molecule has 1 aromatic carbocycles. The Morgan fingerprint density at radius 2 is 1.76 bits per heavy atom. The SMILES string of the molecule is COCC(COC(=O)OCCCCCC(C)=O)OCc1ccccc1. The highest BCUT2D eigenvalue weighted by Gasteiger charge is 2.13. The van der Waals surface area contributed by atoms with Crippen LogP contribution in [0.5, 0.6) is 0 Å². The Kier molecular flexibility index (Phi) is 11.3. The monoisotopic (exact) mass is 352 g/mol. The van der Waals surface area contributed by atoms with Crippen molar-refractivity contribution >= 4 is 11.9 Å². The third kappa shape index (κ3) is 11.3. The molecule has 6 heteroatoms. The molecule has 0 bridgehead atoms. The Balaban J connectivity index is 2.15. The van der Waals surface area contributed by atoms with Crippen LogP contribution in [0.15, 0.2) is 30.3 Å². The number of rotatable bonds is 13. The smallest absolute Gasteiger partial charge is 0.434 e. The highest BCUT2D eigenvalue weighted by atomic mass is 16.7. The maximum Gasteiger partial charge on any atom is 0.508 e. The fourth-order valence-corrected chi connectivity index (χ4v) is 2.13. The van der Waals surface area contributed by atoms with Crippen LogP contribution in [-0.2, 0) is 30.3 Å². The van der Waals surface area contributed by atoms with Gasteiger partial charge in [-0.05, 0) is 31.7 Å². The van der Waals surface area contributed by atoms with Crippen molar-refractivity contribution in [1.82, 2.24) is 0 Å². The van der Waals surface area contributed by atoms with Crippen LogP contribution in [0.25, 0.3) is 0 Å². The van der Waals surface area contributed by atoms with Crippen molar-refractivity contribution in [2.45, 2.75) is 45.3 Å². The molecule has 140 valence electrons. The van der Waals surface area contributed by atoms with Gasteiger partial charge in [0, 0.05) is 13.5 Å². The Labute approximate surface area is 149 Å². The van der Waals surface area contributed by atoms with Gasteiger partial charge < -0.3 is 23.7 Å². The molecule has 0 aromatic heterocycles. The number of ketones is 1. The molecule has 0 amide bonds. The van der Waals surface area contributed by atoms with Crippen molar-refractivity contribution in [3.63, 3.8) is 0 Å². The molecule has 0 aliphatic heterocycles. The average Bonchev–Trinajstić information content (AvgIpc) is 2.61. The van der Waals surface area contributed by atoms with Crippen molar-refractivity contribution in [3.8, 4) is 0 Å². The summed E-state index contributed by atoms with van der Waals surface area (Å²) in [5.74, 6) is 0.181. The van der Waals surface area contributed by atoms with Crippen molar-refractivity contribution < 1.29 is 28.5 Å². The van der Waals surface area contributed by atoms with E-state index in [1.807, 2.05) is 30.3 Å². The van der Waals surface area contributed by atoms with Gasteiger partial charge in [-0.25, -0.2) is 4.79 Å². The summed E-state index contributed by atoms with van der Waals surface area (Å²) in [5, 5.41) is 0. The van der Waals surface area contributed by atoms with Crippen molar-refractivity contribution in [2.75, 3.05) is 26.9 Å². The van der Waals surface area contributed by atoms with Gasteiger partial charge in [0.1, 0.15) is 18.5 Å². The average molecular weight is 352 g/mol. The third-order valence-electron chi connectivity index (χ3n) is 3.46. The molecule has 0 radical (unpaired) electrons. The lowest BCUT2D eigenvalue weighted by molar-refractivity contribution is -0.117. The predicted molar refractivity (Wildman–Crippen MR) is 93.3 cm³/mol. The van der Waals surface area contributed by atoms with Crippen LogP contribution in [0.2, 0.25) is 0 Å². The van der Waals surface area contributed by atoms with E-state index in [9.17, 15) is 9.59 Å². The van der Waals surface area contributed by atoms with Crippen LogP contribution in [-0.4, -0.2) is 45.0 Å². The van der Waals surface area contributed by atoms with Gasteiger partial charge >= 0.3 is 6.16 Å². The molecule has 1 aromatic rings. The summed E-state index contributed by atoms with van der Waals surface area (Å²) in [6.45, 7) is 2.68. The zero-order valence-corrected chi connectivity index (χ0v) is 15.1. The zero-order valence-electron chi connectivity index (χ0n) is 15.1. The molecule has 0 aliphatic carbocycles. The van der Waals surface area contributed by atoms with E-state index in [4.69, 9.17) is 18.9 Å². The maximum atomic E-state index is 11.6. The largest absolute Gasteiger partial charge is 0.508 e. The Morgan fingerprint density at radius 3 is 2.44 bits per heavy atom. The van der Waals surface area contributed by atoms with Gasteiger partial charge in [-0.3, -0.25) is 0 Å². The van der Waals surface area contributed by atoms with Crippen LogP contribution < -0.4 is 0 Å². The van der Waals surface area contributed by atoms with Crippen molar-refractivity contribution in [3.05, 3.63) is 35.9 Å². The molecule has 0 aliphatic rings. The van der Waals surface area contributed by atoms with Gasteiger partial charge in [0.2, 0.25) is 0 Å². The number of hydrogen-bond acceptors (Lipinski definition) is 6. The molecule has 0 N–H and O–H groups in total. The zero-order chi connectivity index (χ0) is 18.3. The van der Waals surface area contributed by atoms with Crippen LogP contribution in [0.1, 0.15) is 38.2 Å². The molecule has 1 atom stereocenters. The number of carbonyl (C=O) groups excluding carboxylic acids is 2. The normalized spacial score (nSPS) is 11.8. The lowest BCUT2D eigenvalue weighted by Crippen LogP contribution is -2.27. The minimum Gasteiger partial charge on any atom is -0.434 e. The van der Waals surface area contributed by atoms with Crippen LogP contribution >= 0.6 is 0 Å². The predicted octanol–water partition coefficient (Wildman–Crippen LogP) is 3.52. The minimum absolute atomic E-state index is 0.0733. The van der Waals surface area contributed by atoms with E-state index >= 15 is 0 Å². The Bertz CT molecular complexity index is 488. The van der Waals surface area contributed by atoms with Crippen molar-refractivity contribution in [2.24, 2.45) is 0 Å². The van der Waals surface area contributed by atoms with E-state index in [1.165, 1.54) is 0 Å². The topological polar surface area (TPSA) is 71.1 Å². The summed E-state index contributed by atoms with van der Waals surface area (Å²) in [4.78, 5) is 22.4. The Hall–Kier alpha value is -1.92. The standard InChI is InChI=1S/C19H28O6/c1-16(20)9-5-4-8-12-23-19(21)25-15-18(14-22-2)24-13-17-10-6-3-7-11-17/h3,6-7,10-11,18H,4-5,8-9,12-15H2,1-2H3. The Morgan fingerprint density at radius 1 is 1.00 bits per heavy atom. The molecule has 0 spiro atoms. The first-order valence-corrected chi connectivity index (χ1v) is 8.55. The number of unbranched alkanes of at least 4 members (excludes halogenated alkanes) is 2. The molecular formula is C19H28O6. The second-order valence-corrected chi connectivity index (χ2v) is 5.80. The quantitative estimate of drug-likeness (QED) is 0.399. The molecule has 6 nitrogen and oxygen atoms in total. The van der Waals surface area contributed by atoms with E-state index in [0.29, 0.717) is 26.1 Å². The van der Waals surface area contributed by atoms with E-state index < -0.39 is 6.16 Å². The number of benzene rings is 1. The molecule has 0 saturated heterocycles. The lowest BCUT2D eigenvalue weighted by atomic mass is 10.1. The molecular weight excluding hydrogens is 324 g/mol. The van der Waals surface area contributed by atoms with Gasteiger partial charge in [-0.1, -0.05) is 30.3 Å². The van der Waals surface area contributed by atoms with E-state index in [1.54, 1.807) is 14.0 Å². The van der Waals surface area contributed by atoms with Gasteiger partial charge in [0.25, 0.3) is 0 Å². The van der Waals surface area contributed by atoms with Crippen LogP contribution in [0.4, 0.5) is 4.79 Å². The number of Topliss-reactive ketones (excluding diaryl/α,β-unsaturated/α-hetero) is 1. The second-order valence-electron chi connectivity index (χ2n) is 5.80. The van der Waals surface area contributed by atoms with E-state index in [2.05, 4.69) is 0 Å². The summed E-state index contributed by atoms with van der Waals surface area (Å²) in [6.07, 6.45) is 1.89. The number of ether oxygens (including phenoxy) is 4. The molecule has 1 rings (SSSR count). The number of carbonyl (C=O) groups is 2. The lowest BCUT2D eigenvalue weighted by Gasteiger charge is -2.17. The second kappa shape index (κ2) is 13.4. The summed E-state index contributed by atoms with van der Waals surface area (Å²) < 4.78 is 20.9. The molecule has 25 heavy (non-hydrogen) atoms. The molecule has 0 heterocycles. The third-order valence-corrected chi connectivity index (χ3v) is 3.46. The molecule has 1 unspecified atom stereocenters. The van der Waals surface area contributed by atoms with Gasteiger partial charge in [0.15, 0.2) is 0 Å². The first-order valence-electron chi connectivity index (χ1n) is 8.55. The highest BCUT2D eigenvalue weighted by Crippen LogP contribution is 2.06. The maximum absolute atomic E-state index is 11.6. The highest BCUT2D eigenvalue weighted by molar-refractivity contribution is 5.75. The van der Waals surface area contributed by atoms with E-state index in [0.717, 1.165) is 18.4 Å². The summed E-state index contributed by atoms with van der Waals surface area (Å²) in [6, 6.07) is 9.74. The van der Waals surface area contributed by atoms with E-state index in [-0.39, 0.29) is 25.1 Å². The fraction of sp³-hybridized carbons (Fsp3) is 0.579. The summed E-state index contributed by atoms with van der Waals surface area (Å²) in [5.41, 5.74) is 1.04. The number of hydrogen-bond donors (Lipinski definition) is 0. The first kappa shape index (κ1) is 21.1. The molecule has 0 fully saturated rings. The van der Waals surface area contributed by atoms with Gasteiger partial charge in [-0.15, -0.1) is 0 Å². The first-order chi connectivity index (χ1) is 12.1. The van der Waals surface area contributed by atoms with Gasteiger partial charge in [-0.2, -0.15) is 0 Å². The van der Waals surface area contributed by atoms with Crippen molar-refractivity contribution in [1.29, 1.82) is 0 Å². The summed E-state index contributed by atoms with van der Waals surface area (Å²) >= 11 is 0. The van der Waals surface area contributed by atoms with Gasteiger partial charge in [0.05, 0.1) is 19.8 Å². The summed E-state index contributed by atoms with van der Waals surface area (Å²) in [7, 11) is 1.57. The fourth-order valence-electron chi connectivity index (χ4n) is 2.13. The molecule has 0 saturated carbocycles. The van der Waals surface area contributed by atoms with Crippen LogP contribution in [0, 0.1) is 0 Å². The number of methoxy groups -OCH3 is 1. The minimum atomic E-state index is -0.712.